The molecule has 3 rings (SSSR count). The molecule has 1 aliphatic rings. The van der Waals surface area contributed by atoms with Crippen molar-refractivity contribution in [2.24, 2.45) is 0 Å². The molecule has 142 valence electrons. The van der Waals surface area contributed by atoms with Gasteiger partial charge in [0.1, 0.15) is 5.75 Å². The van der Waals surface area contributed by atoms with Crippen LogP contribution in [0.2, 0.25) is 0 Å². The van der Waals surface area contributed by atoms with Crippen molar-refractivity contribution in [3.05, 3.63) is 65.7 Å². The number of ether oxygens (including phenoxy) is 1. The van der Waals surface area contributed by atoms with Crippen LogP contribution in [0.4, 0.5) is 4.79 Å². The van der Waals surface area contributed by atoms with Gasteiger partial charge in [-0.1, -0.05) is 42.5 Å². The van der Waals surface area contributed by atoms with Gasteiger partial charge in [-0.05, 0) is 29.7 Å². The molecule has 0 aliphatic carbocycles. The molecule has 2 N–H and O–H groups in total. The minimum absolute atomic E-state index is 0.0699. The number of methoxy groups -OCH3 is 1. The number of nitrogens with zero attached hydrogens (tertiary/aromatic N) is 1. The van der Waals surface area contributed by atoms with Crippen molar-refractivity contribution in [3.8, 4) is 5.75 Å². The molecule has 0 saturated carbocycles. The number of nitrogens with one attached hydrogen (secondary N) is 2. The minimum atomic E-state index is -0.239. The first-order chi connectivity index (χ1) is 13.1. The lowest BCUT2D eigenvalue weighted by molar-refractivity contribution is -0.128. The van der Waals surface area contributed by atoms with E-state index in [4.69, 9.17) is 4.74 Å². The summed E-state index contributed by atoms with van der Waals surface area (Å²) in [6, 6.07) is 17.3. The molecule has 0 radical (unpaired) electrons. The lowest BCUT2D eigenvalue weighted by Gasteiger charge is -2.17. The molecule has 1 fully saturated rings. The Morgan fingerprint density at radius 3 is 2.70 bits per heavy atom. The number of amides is 3. The van der Waals surface area contributed by atoms with Gasteiger partial charge in [0.05, 0.1) is 13.2 Å². The third kappa shape index (κ3) is 5.48. The average molecular weight is 367 g/mol. The summed E-state index contributed by atoms with van der Waals surface area (Å²) < 4.78 is 5.20. The molecule has 0 spiro atoms. The predicted octanol–water partition coefficient (Wildman–Crippen LogP) is 2.34. The highest BCUT2D eigenvalue weighted by atomic mass is 16.5. The standard InChI is InChI=1S/C21H25N3O3/c1-27-19-9-5-8-16(12-19)10-11-22-21(26)23-18-13-20(25)24(15-18)14-17-6-3-2-4-7-17/h2-9,12,18H,10-11,13-15H2,1H3,(H2,22,23,26). The first kappa shape index (κ1) is 18.8. The van der Waals surface area contributed by atoms with E-state index in [0.29, 0.717) is 32.5 Å². The lowest BCUT2D eigenvalue weighted by Crippen LogP contribution is -2.43. The Labute approximate surface area is 159 Å². The van der Waals surface area contributed by atoms with Gasteiger partial charge in [0.15, 0.2) is 0 Å². The van der Waals surface area contributed by atoms with Gasteiger partial charge in [0, 0.05) is 26.1 Å². The number of urea groups is 1. The van der Waals surface area contributed by atoms with Crippen molar-refractivity contribution >= 4 is 11.9 Å². The van der Waals surface area contributed by atoms with E-state index in [1.807, 2.05) is 54.6 Å². The zero-order valence-electron chi connectivity index (χ0n) is 15.5. The maximum absolute atomic E-state index is 12.2. The van der Waals surface area contributed by atoms with E-state index >= 15 is 0 Å². The molecule has 6 nitrogen and oxygen atoms in total. The third-order valence-electron chi connectivity index (χ3n) is 4.60. The Balaban J connectivity index is 1.41. The second-order valence-electron chi connectivity index (χ2n) is 6.66. The SMILES string of the molecule is COc1cccc(CCNC(=O)NC2CC(=O)N(Cc3ccccc3)C2)c1. The summed E-state index contributed by atoms with van der Waals surface area (Å²) in [5.74, 6) is 0.875. The van der Waals surface area contributed by atoms with Crippen LogP contribution in [0.25, 0.3) is 0 Å². The summed E-state index contributed by atoms with van der Waals surface area (Å²) >= 11 is 0. The molecular formula is C21H25N3O3. The fourth-order valence-corrected chi connectivity index (χ4v) is 3.21. The number of benzene rings is 2. The minimum Gasteiger partial charge on any atom is -0.497 e. The lowest BCUT2D eigenvalue weighted by atomic mass is 10.1. The summed E-state index contributed by atoms with van der Waals surface area (Å²) in [5.41, 5.74) is 2.19. The molecule has 0 bridgehead atoms. The van der Waals surface area contributed by atoms with Crippen LogP contribution in [0.5, 0.6) is 5.75 Å². The topological polar surface area (TPSA) is 70.7 Å². The monoisotopic (exact) mass is 367 g/mol. The fourth-order valence-electron chi connectivity index (χ4n) is 3.21. The molecule has 27 heavy (non-hydrogen) atoms. The van der Waals surface area contributed by atoms with Crippen LogP contribution in [0.1, 0.15) is 17.5 Å². The van der Waals surface area contributed by atoms with Crippen molar-refractivity contribution < 1.29 is 14.3 Å². The number of hydrogen-bond donors (Lipinski definition) is 2. The van der Waals surface area contributed by atoms with Gasteiger partial charge in [-0.15, -0.1) is 0 Å². The largest absolute Gasteiger partial charge is 0.497 e. The van der Waals surface area contributed by atoms with E-state index in [1.54, 1.807) is 12.0 Å². The van der Waals surface area contributed by atoms with Crippen LogP contribution in [0, 0.1) is 0 Å². The highest BCUT2D eigenvalue weighted by Gasteiger charge is 2.30. The van der Waals surface area contributed by atoms with Gasteiger partial charge >= 0.3 is 6.03 Å². The number of carbonyl (C=O) groups excluding carboxylic acids is 2. The number of rotatable bonds is 7. The molecule has 1 heterocycles. The van der Waals surface area contributed by atoms with Crippen LogP contribution in [0.3, 0.4) is 0 Å². The van der Waals surface area contributed by atoms with Crippen molar-refractivity contribution in [2.45, 2.75) is 25.4 Å². The van der Waals surface area contributed by atoms with E-state index in [2.05, 4.69) is 10.6 Å². The van der Waals surface area contributed by atoms with E-state index in [-0.39, 0.29) is 18.0 Å². The van der Waals surface area contributed by atoms with Gasteiger partial charge in [0.25, 0.3) is 0 Å². The first-order valence-electron chi connectivity index (χ1n) is 9.13. The van der Waals surface area contributed by atoms with Crippen LogP contribution in [-0.4, -0.2) is 43.1 Å². The number of likely N-dealkylation sites (tertiary alicyclic amines) is 1. The van der Waals surface area contributed by atoms with Gasteiger partial charge in [-0.3, -0.25) is 4.79 Å². The van der Waals surface area contributed by atoms with Gasteiger partial charge in [-0.25, -0.2) is 4.79 Å². The van der Waals surface area contributed by atoms with Gasteiger partial charge < -0.3 is 20.3 Å². The highest BCUT2D eigenvalue weighted by molar-refractivity contribution is 5.81. The van der Waals surface area contributed by atoms with Crippen LogP contribution in [-0.2, 0) is 17.8 Å². The molecule has 1 unspecified atom stereocenters. The second kappa shape index (κ2) is 9.07. The maximum Gasteiger partial charge on any atom is 0.315 e. The molecule has 6 heteroatoms. The molecule has 3 amide bonds. The van der Waals surface area contributed by atoms with E-state index < -0.39 is 0 Å². The molecule has 1 atom stereocenters. The van der Waals surface area contributed by atoms with Gasteiger partial charge in [0.2, 0.25) is 5.91 Å². The van der Waals surface area contributed by atoms with E-state index in [0.717, 1.165) is 16.9 Å². The Morgan fingerprint density at radius 1 is 1.15 bits per heavy atom. The van der Waals surface area contributed by atoms with Gasteiger partial charge in [-0.2, -0.15) is 0 Å². The summed E-state index contributed by atoms with van der Waals surface area (Å²) in [4.78, 5) is 26.1. The number of carbonyl (C=O) groups is 2. The molecule has 1 saturated heterocycles. The predicted molar refractivity (Wildman–Crippen MR) is 103 cm³/mol. The van der Waals surface area contributed by atoms with Crippen molar-refractivity contribution in [1.29, 1.82) is 0 Å². The summed E-state index contributed by atoms with van der Waals surface area (Å²) in [7, 11) is 1.63. The summed E-state index contributed by atoms with van der Waals surface area (Å²) in [6.45, 7) is 1.64. The van der Waals surface area contributed by atoms with Crippen LogP contribution >= 0.6 is 0 Å². The molecular weight excluding hydrogens is 342 g/mol. The Hall–Kier alpha value is -3.02. The maximum atomic E-state index is 12.2. The number of hydrogen-bond acceptors (Lipinski definition) is 3. The van der Waals surface area contributed by atoms with Crippen LogP contribution in [0.15, 0.2) is 54.6 Å². The smallest absolute Gasteiger partial charge is 0.315 e. The normalized spacial score (nSPS) is 16.3. The first-order valence-corrected chi connectivity index (χ1v) is 9.13. The zero-order valence-corrected chi connectivity index (χ0v) is 15.5. The highest BCUT2D eigenvalue weighted by Crippen LogP contribution is 2.15. The van der Waals surface area contributed by atoms with Crippen molar-refractivity contribution in [1.82, 2.24) is 15.5 Å². The van der Waals surface area contributed by atoms with Crippen LogP contribution < -0.4 is 15.4 Å². The fraction of sp³-hybridized carbons (Fsp3) is 0.333. The Kier molecular flexibility index (Phi) is 6.30. The molecule has 2 aromatic rings. The van der Waals surface area contributed by atoms with Crippen molar-refractivity contribution in [2.75, 3.05) is 20.2 Å². The summed E-state index contributed by atoms with van der Waals surface area (Å²) in [6.07, 6.45) is 1.06. The quantitative estimate of drug-likeness (QED) is 0.789. The Morgan fingerprint density at radius 2 is 1.93 bits per heavy atom. The van der Waals surface area contributed by atoms with E-state index in [9.17, 15) is 9.59 Å². The second-order valence-corrected chi connectivity index (χ2v) is 6.66. The molecule has 2 aromatic carbocycles. The average Bonchev–Trinajstić information content (AvgIpc) is 3.01. The third-order valence-corrected chi connectivity index (χ3v) is 4.60. The van der Waals surface area contributed by atoms with E-state index in [1.165, 1.54) is 0 Å². The van der Waals surface area contributed by atoms with Crippen molar-refractivity contribution in [3.63, 3.8) is 0 Å². The Bertz CT molecular complexity index is 779. The summed E-state index contributed by atoms with van der Waals surface area (Å²) in [5, 5.41) is 5.75. The molecule has 1 aliphatic heterocycles. The zero-order chi connectivity index (χ0) is 19.1. The molecule has 0 aromatic heterocycles.